The second-order valence-electron chi connectivity index (χ2n) is 3.81. The number of nitrogens with one attached hydrogen (secondary N) is 2. The number of benzene rings is 1. The monoisotopic (exact) mass is 240 g/mol. The molecule has 0 spiro atoms. The molecule has 88 valence electrons. The molecule has 2 N–H and O–H groups in total. The van der Waals surface area contributed by atoms with Gasteiger partial charge in [-0.3, -0.25) is 4.79 Å². The fourth-order valence-electron chi connectivity index (χ4n) is 1.81. The van der Waals surface area contributed by atoms with Crippen LogP contribution in [0.5, 0.6) is 0 Å². The minimum atomic E-state index is 0. The lowest BCUT2D eigenvalue weighted by atomic mass is 10.0. The fourth-order valence-corrected chi connectivity index (χ4v) is 1.81. The first-order chi connectivity index (χ1) is 7.29. The van der Waals surface area contributed by atoms with Crippen molar-refractivity contribution < 1.29 is 4.79 Å². The van der Waals surface area contributed by atoms with Gasteiger partial charge in [0.2, 0.25) is 5.91 Å². The molecule has 1 aliphatic rings. The third-order valence-electron chi connectivity index (χ3n) is 2.70. The maximum atomic E-state index is 11.2. The van der Waals surface area contributed by atoms with Crippen molar-refractivity contribution in [1.82, 2.24) is 5.32 Å². The minimum absolute atomic E-state index is 0. The van der Waals surface area contributed by atoms with E-state index in [0.717, 1.165) is 25.2 Å². The molecule has 3 nitrogen and oxygen atoms in total. The highest BCUT2D eigenvalue weighted by Gasteiger charge is 2.09. The smallest absolute Gasteiger partial charge is 0.224 e. The fraction of sp³-hybridized carbons (Fsp3) is 0.417. The van der Waals surface area contributed by atoms with Crippen molar-refractivity contribution in [1.29, 1.82) is 0 Å². The Balaban J connectivity index is 0.00000128. The summed E-state index contributed by atoms with van der Waals surface area (Å²) in [6, 6.07) is 6.16. The highest BCUT2D eigenvalue weighted by atomic mass is 35.5. The van der Waals surface area contributed by atoms with Crippen molar-refractivity contribution in [2.24, 2.45) is 0 Å². The Bertz CT molecular complexity index is 379. The van der Waals surface area contributed by atoms with Gasteiger partial charge in [0.1, 0.15) is 0 Å². The van der Waals surface area contributed by atoms with Gasteiger partial charge in [0.15, 0.2) is 0 Å². The highest BCUT2D eigenvalue weighted by Crippen LogP contribution is 2.18. The molecule has 0 atom stereocenters. The molecular formula is C12H17ClN2O. The predicted molar refractivity (Wildman–Crippen MR) is 68.0 cm³/mol. The Hall–Kier alpha value is -1.06. The molecule has 0 saturated heterocycles. The van der Waals surface area contributed by atoms with E-state index in [0.29, 0.717) is 6.42 Å². The van der Waals surface area contributed by atoms with E-state index >= 15 is 0 Å². The van der Waals surface area contributed by atoms with E-state index in [1.165, 1.54) is 11.1 Å². The average molecular weight is 241 g/mol. The standard InChI is InChI=1S/C12H16N2O.ClH/c1-2-12(15)14-11-4-3-9-5-6-13-8-10(9)7-11;/h3-4,7,13H,2,5-6,8H2,1H3,(H,14,15);1H. The summed E-state index contributed by atoms with van der Waals surface area (Å²) in [4.78, 5) is 11.2. The van der Waals surface area contributed by atoms with E-state index in [9.17, 15) is 4.79 Å². The Kier molecular flexibility index (Phi) is 4.77. The van der Waals surface area contributed by atoms with Gasteiger partial charge in [0.25, 0.3) is 0 Å². The summed E-state index contributed by atoms with van der Waals surface area (Å²) in [6.45, 7) is 3.81. The van der Waals surface area contributed by atoms with Gasteiger partial charge in [-0.2, -0.15) is 0 Å². The van der Waals surface area contributed by atoms with Crippen molar-refractivity contribution in [3.8, 4) is 0 Å². The zero-order valence-electron chi connectivity index (χ0n) is 9.38. The second-order valence-corrected chi connectivity index (χ2v) is 3.81. The van der Waals surface area contributed by atoms with Gasteiger partial charge in [-0.25, -0.2) is 0 Å². The Labute approximate surface area is 102 Å². The number of halogens is 1. The van der Waals surface area contributed by atoms with Gasteiger partial charge in [0.05, 0.1) is 0 Å². The van der Waals surface area contributed by atoms with Gasteiger partial charge < -0.3 is 10.6 Å². The molecule has 0 aromatic heterocycles. The van der Waals surface area contributed by atoms with Crippen molar-refractivity contribution >= 4 is 24.0 Å². The van der Waals surface area contributed by atoms with Crippen LogP contribution < -0.4 is 10.6 Å². The molecule has 0 bridgehead atoms. The number of anilines is 1. The van der Waals surface area contributed by atoms with Crippen LogP contribution >= 0.6 is 12.4 Å². The van der Waals surface area contributed by atoms with Crippen LogP contribution in [0.2, 0.25) is 0 Å². The van der Waals surface area contributed by atoms with E-state index < -0.39 is 0 Å². The topological polar surface area (TPSA) is 41.1 Å². The van der Waals surface area contributed by atoms with Crippen LogP contribution in [0.15, 0.2) is 18.2 Å². The summed E-state index contributed by atoms with van der Waals surface area (Å²) < 4.78 is 0. The lowest BCUT2D eigenvalue weighted by Crippen LogP contribution is -2.23. The molecule has 0 radical (unpaired) electrons. The zero-order chi connectivity index (χ0) is 10.7. The van der Waals surface area contributed by atoms with Crippen LogP contribution in [-0.4, -0.2) is 12.5 Å². The average Bonchev–Trinajstić information content (AvgIpc) is 2.29. The number of amides is 1. The van der Waals surface area contributed by atoms with E-state index in [1.54, 1.807) is 0 Å². The largest absolute Gasteiger partial charge is 0.326 e. The van der Waals surface area contributed by atoms with Gasteiger partial charge in [-0.05, 0) is 36.2 Å². The molecule has 1 amide bonds. The van der Waals surface area contributed by atoms with Crippen LogP contribution in [0.3, 0.4) is 0 Å². The number of hydrogen-bond donors (Lipinski definition) is 2. The van der Waals surface area contributed by atoms with Crippen molar-refractivity contribution in [2.75, 3.05) is 11.9 Å². The van der Waals surface area contributed by atoms with Crippen LogP contribution in [0.4, 0.5) is 5.69 Å². The SMILES string of the molecule is CCC(=O)Nc1ccc2c(c1)CNCC2.Cl. The maximum absolute atomic E-state index is 11.2. The first kappa shape index (κ1) is 13.0. The molecule has 1 aliphatic heterocycles. The van der Waals surface area contributed by atoms with Crippen molar-refractivity contribution in [3.05, 3.63) is 29.3 Å². The van der Waals surface area contributed by atoms with Crippen LogP contribution in [0.1, 0.15) is 24.5 Å². The molecule has 1 aromatic carbocycles. The number of hydrogen-bond acceptors (Lipinski definition) is 2. The van der Waals surface area contributed by atoms with Crippen molar-refractivity contribution in [3.63, 3.8) is 0 Å². The first-order valence-corrected chi connectivity index (χ1v) is 5.42. The normalized spacial score (nSPS) is 13.6. The molecule has 2 rings (SSSR count). The summed E-state index contributed by atoms with van der Waals surface area (Å²) in [6.07, 6.45) is 1.60. The summed E-state index contributed by atoms with van der Waals surface area (Å²) in [5.41, 5.74) is 3.60. The third kappa shape index (κ3) is 2.97. The van der Waals surface area contributed by atoms with E-state index in [2.05, 4.69) is 22.8 Å². The predicted octanol–water partition coefficient (Wildman–Crippen LogP) is 2.10. The van der Waals surface area contributed by atoms with E-state index in [1.807, 2.05) is 13.0 Å². The second kappa shape index (κ2) is 5.87. The molecule has 16 heavy (non-hydrogen) atoms. The summed E-state index contributed by atoms with van der Waals surface area (Å²) in [5, 5.41) is 6.20. The zero-order valence-corrected chi connectivity index (χ0v) is 10.2. The maximum Gasteiger partial charge on any atom is 0.224 e. The van der Waals surface area contributed by atoms with E-state index in [4.69, 9.17) is 0 Å². The Morgan fingerprint density at radius 2 is 2.25 bits per heavy atom. The molecule has 1 heterocycles. The quantitative estimate of drug-likeness (QED) is 0.831. The summed E-state index contributed by atoms with van der Waals surface area (Å²) >= 11 is 0. The Morgan fingerprint density at radius 1 is 1.44 bits per heavy atom. The third-order valence-corrected chi connectivity index (χ3v) is 2.70. The minimum Gasteiger partial charge on any atom is -0.326 e. The lowest BCUT2D eigenvalue weighted by molar-refractivity contribution is -0.115. The Morgan fingerprint density at radius 3 is 3.00 bits per heavy atom. The molecule has 0 saturated carbocycles. The molecule has 1 aromatic rings. The van der Waals surface area contributed by atoms with Crippen molar-refractivity contribution in [2.45, 2.75) is 26.3 Å². The number of carbonyl (C=O) groups excluding carboxylic acids is 1. The van der Waals surface area contributed by atoms with Gasteiger partial charge in [0, 0.05) is 18.7 Å². The van der Waals surface area contributed by atoms with Crippen LogP contribution in [-0.2, 0) is 17.8 Å². The molecule has 0 aliphatic carbocycles. The molecule has 4 heteroatoms. The molecular weight excluding hydrogens is 224 g/mol. The number of rotatable bonds is 2. The van der Waals surface area contributed by atoms with E-state index in [-0.39, 0.29) is 18.3 Å². The first-order valence-electron chi connectivity index (χ1n) is 5.42. The lowest BCUT2D eigenvalue weighted by Gasteiger charge is -2.17. The highest BCUT2D eigenvalue weighted by molar-refractivity contribution is 5.90. The summed E-state index contributed by atoms with van der Waals surface area (Å²) in [5.74, 6) is 0.0683. The molecule has 0 unspecified atom stereocenters. The molecule has 0 fully saturated rings. The van der Waals surface area contributed by atoms with Gasteiger partial charge >= 0.3 is 0 Å². The van der Waals surface area contributed by atoms with Gasteiger partial charge in [-0.15, -0.1) is 12.4 Å². The van der Waals surface area contributed by atoms with Gasteiger partial charge in [-0.1, -0.05) is 13.0 Å². The van der Waals surface area contributed by atoms with Crippen LogP contribution in [0, 0.1) is 0 Å². The van der Waals surface area contributed by atoms with Crippen LogP contribution in [0.25, 0.3) is 0 Å². The number of fused-ring (bicyclic) bond motifs is 1. The summed E-state index contributed by atoms with van der Waals surface area (Å²) in [7, 11) is 0. The number of carbonyl (C=O) groups is 1.